The van der Waals surface area contributed by atoms with Gasteiger partial charge in [0.25, 0.3) is 0 Å². The van der Waals surface area contributed by atoms with Crippen LogP contribution in [0.5, 0.6) is 0 Å². The van der Waals surface area contributed by atoms with Crippen LogP contribution in [0.1, 0.15) is 48.2 Å². The first-order valence-corrected chi connectivity index (χ1v) is 8.77. The van der Waals surface area contributed by atoms with Crippen LogP contribution in [-0.2, 0) is 12.8 Å². The van der Waals surface area contributed by atoms with Gasteiger partial charge in [0, 0.05) is 9.75 Å². The molecule has 0 aliphatic heterocycles. The summed E-state index contributed by atoms with van der Waals surface area (Å²) in [5.74, 6) is 0. The molecule has 0 saturated heterocycles. The van der Waals surface area contributed by atoms with Crippen molar-refractivity contribution in [1.82, 2.24) is 10.3 Å². The van der Waals surface area contributed by atoms with Gasteiger partial charge in [-0.25, -0.2) is 4.98 Å². The van der Waals surface area contributed by atoms with Gasteiger partial charge in [0.15, 0.2) is 0 Å². The molecule has 0 radical (unpaired) electrons. The molecule has 19 heavy (non-hydrogen) atoms. The topological polar surface area (TPSA) is 24.9 Å². The Kier molecular flexibility index (Phi) is 4.01. The Morgan fingerprint density at radius 2 is 2.21 bits per heavy atom. The van der Waals surface area contributed by atoms with Crippen LogP contribution in [-0.4, -0.2) is 11.5 Å². The molecule has 1 atom stereocenters. The minimum Gasteiger partial charge on any atom is -0.309 e. The van der Waals surface area contributed by atoms with Crippen LogP contribution in [0.2, 0.25) is 0 Å². The second-order valence-electron chi connectivity index (χ2n) is 4.95. The van der Waals surface area contributed by atoms with Crippen molar-refractivity contribution < 1.29 is 0 Å². The molecule has 1 unspecified atom stereocenters. The maximum atomic E-state index is 4.94. The Hall–Kier alpha value is -0.710. The summed E-state index contributed by atoms with van der Waals surface area (Å²) < 4.78 is 0. The first-order valence-electron chi connectivity index (χ1n) is 7.13. The van der Waals surface area contributed by atoms with Gasteiger partial charge in [-0.05, 0) is 44.4 Å². The van der Waals surface area contributed by atoms with Crippen molar-refractivity contribution in [1.29, 1.82) is 0 Å². The van der Waals surface area contributed by atoms with Crippen LogP contribution in [0.25, 0.3) is 9.88 Å². The molecule has 2 nitrogen and oxygen atoms in total. The molecule has 2 aromatic rings. The van der Waals surface area contributed by atoms with Crippen LogP contribution in [0, 0.1) is 0 Å². The van der Waals surface area contributed by atoms with Crippen molar-refractivity contribution in [3.63, 3.8) is 0 Å². The highest BCUT2D eigenvalue weighted by Crippen LogP contribution is 2.39. The molecular weight excluding hydrogens is 272 g/mol. The second-order valence-corrected chi connectivity index (χ2v) is 7.20. The molecule has 0 fully saturated rings. The Morgan fingerprint density at radius 3 is 2.95 bits per heavy atom. The van der Waals surface area contributed by atoms with Crippen LogP contribution in [0.15, 0.2) is 12.1 Å². The number of aryl methyl sites for hydroxylation is 2. The fourth-order valence-corrected chi connectivity index (χ4v) is 4.82. The highest BCUT2D eigenvalue weighted by molar-refractivity contribution is 7.21. The molecule has 4 heteroatoms. The monoisotopic (exact) mass is 292 g/mol. The van der Waals surface area contributed by atoms with E-state index in [1.807, 2.05) is 22.7 Å². The number of hydrogen-bond acceptors (Lipinski definition) is 4. The molecule has 0 amide bonds. The van der Waals surface area contributed by atoms with Gasteiger partial charge in [-0.2, -0.15) is 0 Å². The van der Waals surface area contributed by atoms with Crippen molar-refractivity contribution in [2.45, 2.75) is 45.6 Å². The molecule has 1 aliphatic carbocycles. The van der Waals surface area contributed by atoms with Gasteiger partial charge in [-0.1, -0.05) is 13.8 Å². The van der Waals surface area contributed by atoms with Gasteiger partial charge in [0.2, 0.25) is 0 Å². The van der Waals surface area contributed by atoms with Gasteiger partial charge in [0.05, 0.1) is 16.6 Å². The van der Waals surface area contributed by atoms with Crippen molar-refractivity contribution in [3.05, 3.63) is 27.6 Å². The zero-order valence-corrected chi connectivity index (χ0v) is 13.2. The van der Waals surface area contributed by atoms with Crippen LogP contribution >= 0.6 is 22.7 Å². The number of thiophene rings is 1. The summed E-state index contributed by atoms with van der Waals surface area (Å²) in [6.45, 7) is 5.41. The van der Waals surface area contributed by atoms with E-state index in [0.717, 1.165) is 13.0 Å². The fourth-order valence-electron chi connectivity index (χ4n) is 2.65. The largest absolute Gasteiger partial charge is 0.309 e. The fraction of sp³-hybridized carbons (Fsp3) is 0.533. The number of fused-ring (bicyclic) bond motifs is 1. The van der Waals surface area contributed by atoms with Gasteiger partial charge < -0.3 is 5.32 Å². The van der Waals surface area contributed by atoms with Crippen LogP contribution in [0.3, 0.4) is 0 Å². The molecule has 2 heterocycles. The minimum atomic E-state index is 0.476. The summed E-state index contributed by atoms with van der Waals surface area (Å²) in [4.78, 5) is 9.22. The smallest absolute Gasteiger partial charge is 0.133 e. The molecule has 2 aromatic heterocycles. The molecule has 1 N–H and O–H groups in total. The van der Waals surface area contributed by atoms with E-state index in [1.54, 1.807) is 0 Å². The van der Waals surface area contributed by atoms with Gasteiger partial charge in [0.1, 0.15) is 5.01 Å². The lowest BCUT2D eigenvalue weighted by molar-refractivity contribution is 0.465. The Labute approximate surface area is 122 Å². The number of rotatable bonds is 4. The lowest BCUT2D eigenvalue weighted by atomic mass is 9.98. The van der Waals surface area contributed by atoms with Crippen molar-refractivity contribution in [3.8, 4) is 9.88 Å². The van der Waals surface area contributed by atoms with E-state index in [0.29, 0.717) is 6.04 Å². The van der Waals surface area contributed by atoms with E-state index >= 15 is 0 Å². The van der Waals surface area contributed by atoms with Crippen molar-refractivity contribution in [2.75, 3.05) is 6.54 Å². The Bertz CT molecular complexity index is 556. The number of thiazole rings is 1. The molecule has 3 rings (SSSR count). The second kappa shape index (κ2) is 5.73. The predicted molar refractivity (Wildman–Crippen MR) is 84.2 cm³/mol. The molecule has 1 aliphatic rings. The van der Waals surface area contributed by atoms with Crippen molar-refractivity contribution in [2.24, 2.45) is 0 Å². The average Bonchev–Trinajstić information content (AvgIpc) is 3.05. The summed E-state index contributed by atoms with van der Waals surface area (Å²) in [7, 11) is 0. The van der Waals surface area contributed by atoms with Crippen LogP contribution in [0.4, 0.5) is 0 Å². The zero-order chi connectivity index (χ0) is 13.2. The van der Waals surface area contributed by atoms with E-state index in [9.17, 15) is 0 Å². The van der Waals surface area contributed by atoms with E-state index in [1.165, 1.54) is 44.6 Å². The third-order valence-corrected chi connectivity index (χ3v) is 6.16. The lowest BCUT2D eigenvalue weighted by Crippen LogP contribution is -2.24. The Morgan fingerprint density at radius 1 is 1.32 bits per heavy atom. The summed E-state index contributed by atoms with van der Waals surface area (Å²) in [5.41, 5.74) is 1.32. The minimum absolute atomic E-state index is 0.476. The first kappa shape index (κ1) is 13.3. The summed E-state index contributed by atoms with van der Waals surface area (Å²) in [6.07, 6.45) is 4.85. The molecule has 0 aromatic carbocycles. The summed E-state index contributed by atoms with van der Waals surface area (Å²) >= 11 is 3.79. The number of hydrogen-bond donors (Lipinski definition) is 1. The maximum Gasteiger partial charge on any atom is 0.133 e. The molecule has 0 spiro atoms. The molecule has 0 bridgehead atoms. The van der Waals surface area contributed by atoms with Gasteiger partial charge in [-0.15, -0.1) is 22.7 Å². The molecule has 0 saturated carbocycles. The van der Waals surface area contributed by atoms with E-state index < -0.39 is 0 Å². The normalized spacial score (nSPS) is 18.5. The lowest BCUT2D eigenvalue weighted by Gasteiger charge is -2.21. The summed E-state index contributed by atoms with van der Waals surface area (Å²) in [5, 5.41) is 4.79. The van der Waals surface area contributed by atoms with E-state index in [-0.39, 0.29) is 0 Å². The third-order valence-electron chi connectivity index (χ3n) is 3.63. The quantitative estimate of drug-likeness (QED) is 0.902. The number of nitrogens with zero attached hydrogens (tertiary/aromatic N) is 1. The summed E-state index contributed by atoms with van der Waals surface area (Å²) in [6, 6.07) is 4.95. The number of aromatic nitrogens is 1. The van der Waals surface area contributed by atoms with Crippen LogP contribution < -0.4 is 5.32 Å². The predicted octanol–water partition coefficient (Wildman–Crippen LogP) is 4.42. The third kappa shape index (κ3) is 2.62. The van der Waals surface area contributed by atoms with Gasteiger partial charge >= 0.3 is 0 Å². The SMILES string of the molecule is CCNC1CCCc2sc(-c3ccc(CC)s3)nc21. The number of nitrogens with one attached hydrogen (secondary N) is 1. The average molecular weight is 292 g/mol. The van der Waals surface area contributed by atoms with Gasteiger partial charge in [-0.3, -0.25) is 0 Å². The standard InChI is InChI=1S/C15H20N2S2/c1-3-10-8-9-13(18-10)15-17-14-11(16-4-2)6-5-7-12(14)19-15/h8-9,11,16H,3-7H2,1-2H3. The molecular formula is C15H20N2S2. The van der Waals surface area contributed by atoms with E-state index in [2.05, 4.69) is 31.3 Å². The Balaban J connectivity index is 1.92. The zero-order valence-electron chi connectivity index (χ0n) is 11.5. The van der Waals surface area contributed by atoms with Crippen molar-refractivity contribution >= 4 is 22.7 Å². The molecule has 102 valence electrons. The highest BCUT2D eigenvalue weighted by atomic mass is 32.1. The van der Waals surface area contributed by atoms with E-state index in [4.69, 9.17) is 4.98 Å². The first-order chi connectivity index (χ1) is 9.31. The maximum absolute atomic E-state index is 4.94. The highest BCUT2D eigenvalue weighted by Gasteiger charge is 2.24.